The second kappa shape index (κ2) is 13.1. The Balaban J connectivity index is 2.72. The Morgan fingerprint density at radius 2 is 1.63 bits per heavy atom. The first kappa shape index (κ1) is 23.9. The molecule has 0 saturated heterocycles. The lowest BCUT2D eigenvalue weighted by Gasteiger charge is -2.35. The number of aldehydes is 1. The van der Waals surface area contributed by atoms with Crippen molar-refractivity contribution < 1.29 is 14.1 Å². The summed E-state index contributed by atoms with van der Waals surface area (Å²) in [6, 6.07) is 6.25. The third-order valence-electron chi connectivity index (χ3n) is 4.47. The minimum absolute atomic E-state index is 0.405. The van der Waals surface area contributed by atoms with Crippen LogP contribution in [0.4, 0.5) is 0 Å². The van der Waals surface area contributed by atoms with Crippen molar-refractivity contribution >= 4 is 14.6 Å². The van der Waals surface area contributed by atoms with Crippen LogP contribution < -0.4 is 9.26 Å². The van der Waals surface area contributed by atoms with Gasteiger partial charge in [-0.05, 0) is 52.3 Å². The highest BCUT2D eigenvalue weighted by Crippen LogP contribution is 2.44. The van der Waals surface area contributed by atoms with Gasteiger partial charge in [-0.2, -0.15) is 0 Å². The molecular formula is C22H38NO3P. The summed E-state index contributed by atoms with van der Waals surface area (Å²) in [7, 11) is -0.793. The molecule has 0 aliphatic rings. The molecule has 1 aromatic rings. The first-order valence-electron chi connectivity index (χ1n) is 10.3. The number of nitrogens with zero attached hydrogens (tertiary/aromatic N) is 1. The van der Waals surface area contributed by atoms with Gasteiger partial charge in [0.05, 0.1) is 6.61 Å². The molecule has 0 aliphatic carbocycles. The maximum Gasteiger partial charge on any atom is 0.167 e. The van der Waals surface area contributed by atoms with Crippen LogP contribution in [0.25, 0.3) is 0 Å². The molecule has 1 atom stereocenters. The fraction of sp³-hybridized carbons (Fsp3) is 0.682. The highest BCUT2D eigenvalue weighted by atomic mass is 31.2. The zero-order valence-electron chi connectivity index (χ0n) is 18.0. The third kappa shape index (κ3) is 8.62. The van der Waals surface area contributed by atoms with Gasteiger partial charge >= 0.3 is 0 Å². The summed E-state index contributed by atoms with van der Waals surface area (Å²) in [6.07, 6.45) is 8.18. The molecule has 0 bridgehead atoms. The fourth-order valence-electron chi connectivity index (χ4n) is 3.29. The molecule has 1 aromatic carbocycles. The van der Waals surface area contributed by atoms with Crippen LogP contribution in [0.15, 0.2) is 18.2 Å². The summed E-state index contributed by atoms with van der Waals surface area (Å²) in [5.41, 5.74) is 0.616. The lowest BCUT2D eigenvalue weighted by atomic mass is 10.1. The standard InChI is InChI=1S/C22H38NO3P/c1-7-8-9-10-11-12-15-25-22-16-20(17-24)13-14-21(22)26-27(6)23(18(2)3)19(4)5/h13-14,16-19H,7-12,15H2,1-6H3. The topological polar surface area (TPSA) is 38.8 Å². The lowest BCUT2D eigenvalue weighted by Crippen LogP contribution is -2.33. The van der Waals surface area contributed by atoms with Gasteiger partial charge in [0.25, 0.3) is 0 Å². The van der Waals surface area contributed by atoms with Crippen molar-refractivity contribution in [1.29, 1.82) is 0 Å². The summed E-state index contributed by atoms with van der Waals surface area (Å²) in [4.78, 5) is 11.2. The Hall–Kier alpha value is -1.12. The second-order valence-corrected chi connectivity index (χ2v) is 9.14. The predicted molar refractivity (Wildman–Crippen MR) is 116 cm³/mol. The molecule has 0 spiro atoms. The molecule has 1 unspecified atom stereocenters. The number of rotatable bonds is 14. The molecule has 0 amide bonds. The van der Waals surface area contributed by atoms with E-state index in [1.807, 2.05) is 6.07 Å². The Morgan fingerprint density at radius 3 is 2.22 bits per heavy atom. The summed E-state index contributed by atoms with van der Waals surface area (Å²) >= 11 is 0. The van der Waals surface area contributed by atoms with E-state index >= 15 is 0 Å². The van der Waals surface area contributed by atoms with E-state index in [0.717, 1.165) is 18.5 Å². The van der Waals surface area contributed by atoms with Gasteiger partial charge in [0, 0.05) is 24.3 Å². The summed E-state index contributed by atoms with van der Waals surface area (Å²) in [6.45, 7) is 13.8. The van der Waals surface area contributed by atoms with Crippen LogP contribution in [0.1, 0.15) is 83.5 Å². The quantitative estimate of drug-likeness (QED) is 0.200. The van der Waals surface area contributed by atoms with E-state index in [9.17, 15) is 4.79 Å². The maximum absolute atomic E-state index is 11.2. The van der Waals surface area contributed by atoms with Crippen molar-refractivity contribution in [3.63, 3.8) is 0 Å². The number of unbranched alkanes of at least 4 members (excludes halogenated alkanes) is 5. The number of ether oxygens (including phenoxy) is 1. The van der Waals surface area contributed by atoms with Crippen molar-refractivity contribution in [2.45, 2.75) is 85.2 Å². The molecule has 0 saturated carbocycles. The van der Waals surface area contributed by atoms with Gasteiger partial charge in [0.1, 0.15) is 6.29 Å². The molecule has 0 aliphatic heterocycles. The molecule has 5 heteroatoms. The van der Waals surface area contributed by atoms with Gasteiger partial charge in [0.15, 0.2) is 19.8 Å². The monoisotopic (exact) mass is 395 g/mol. The maximum atomic E-state index is 11.2. The first-order valence-corrected chi connectivity index (χ1v) is 12.0. The highest BCUT2D eigenvalue weighted by Gasteiger charge is 2.23. The Morgan fingerprint density at radius 1 is 1.00 bits per heavy atom. The largest absolute Gasteiger partial charge is 0.490 e. The van der Waals surface area contributed by atoms with Crippen LogP contribution in [0.2, 0.25) is 0 Å². The van der Waals surface area contributed by atoms with Crippen LogP contribution >= 0.6 is 8.30 Å². The summed E-state index contributed by atoms with van der Waals surface area (Å²) in [5, 5.41) is 0. The van der Waals surface area contributed by atoms with Crippen molar-refractivity contribution in [3.05, 3.63) is 23.8 Å². The van der Waals surface area contributed by atoms with Crippen molar-refractivity contribution in [1.82, 2.24) is 4.67 Å². The molecule has 0 aromatic heterocycles. The van der Waals surface area contributed by atoms with Gasteiger partial charge in [-0.1, -0.05) is 39.0 Å². The Kier molecular flexibility index (Phi) is 11.6. The fourth-order valence-corrected chi connectivity index (χ4v) is 5.12. The van der Waals surface area contributed by atoms with E-state index in [2.05, 4.69) is 46.0 Å². The number of hydrogen-bond donors (Lipinski definition) is 0. The molecule has 0 heterocycles. The Labute approximate surface area is 167 Å². The minimum Gasteiger partial charge on any atom is -0.490 e. The van der Waals surface area contributed by atoms with Gasteiger partial charge < -0.3 is 9.26 Å². The van der Waals surface area contributed by atoms with Crippen LogP contribution in [-0.4, -0.2) is 36.3 Å². The second-order valence-electron chi connectivity index (χ2n) is 7.56. The van der Waals surface area contributed by atoms with Crippen LogP contribution in [-0.2, 0) is 0 Å². The van der Waals surface area contributed by atoms with Gasteiger partial charge in [-0.15, -0.1) is 0 Å². The predicted octanol–water partition coefficient (Wildman–Crippen LogP) is 6.68. The van der Waals surface area contributed by atoms with Crippen LogP contribution in [0, 0.1) is 0 Å². The zero-order valence-corrected chi connectivity index (χ0v) is 18.9. The number of carbonyl (C=O) groups excluding carboxylic acids is 1. The van der Waals surface area contributed by atoms with Crippen LogP contribution in [0.3, 0.4) is 0 Å². The van der Waals surface area contributed by atoms with E-state index in [-0.39, 0.29) is 0 Å². The normalized spacial score (nSPS) is 12.6. The average Bonchev–Trinajstić information content (AvgIpc) is 2.61. The first-order chi connectivity index (χ1) is 12.9. The van der Waals surface area contributed by atoms with E-state index in [0.29, 0.717) is 30.0 Å². The smallest absolute Gasteiger partial charge is 0.167 e. The molecule has 0 N–H and O–H groups in total. The molecule has 27 heavy (non-hydrogen) atoms. The van der Waals surface area contributed by atoms with Crippen molar-refractivity contribution in [2.75, 3.05) is 13.3 Å². The SMILES string of the molecule is CCCCCCCCOc1cc(C=O)ccc1OP(C)N(C(C)C)C(C)C. The van der Waals surface area contributed by atoms with E-state index in [4.69, 9.17) is 9.26 Å². The Bertz CT molecular complexity index is 540. The summed E-state index contributed by atoms with van der Waals surface area (Å²) in [5.74, 6) is 1.40. The third-order valence-corrected chi connectivity index (χ3v) is 6.51. The highest BCUT2D eigenvalue weighted by molar-refractivity contribution is 7.49. The van der Waals surface area contributed by atoms with E-state index in [1.165, 1.54) is 32.1 Å². The zero-order chi connectivity index (χ0) is 20.2. The molecule has 4 nitrogen and oxygen atoms in total. The van der Waals surface area contributed by atoms with Crippen molar-refractivity contribution in [2.24, 2.45) is 0 Å². The van der Waals surface area contributed by atoms with Gasteiger partial charge in [-0.3, -0.25) is 4.79 Å². The number of carbonyl (C=O) groups is 1. The van der Waals surface area contributed by atoms with Crippen molar-refractivity contribution in [3.8, 4) is 11.5 Å². The van der Waals surface area contributed by atoms with Crippen LogP contribution in [0.5, 0.6) is 11.5 Å². The summed E-state index contributed by atoms with van der Waals surface area (Å²) < 4.78 is 14.7. The molecule has 0 fully saturated rings. The van der Waals surface area contributed by atoms with Gasteiger partial charge in [0.2, 0.25) is 0 Å². The average molecular weight is 396 g/mol. The van der Waals surface area contributed by atoms with Gasteiger partial charge in [-0.25, -0.2) is 4.67 Å². The molecule has 1 rings (SSSR count). The minimum atomic E-state index is -0.793. The molecular weight excluding hydrogens is 357 g/mol. The molecule has 154 valence electrons. The number of benzene rings is 1. The molecule has 0 radical (unpaired) electrons. The lowest BCUT2D eigenvalue weighted by molar-refractivity contribution is 0.112. The van der Waals surface area contributed by atoms with E-state index in [1.54, 1.807) is 12.1 Å². The number of hydrogen-bond acceptors (Lipinski definition) is 4. The van der Waals surface area contributed by atoms with E-state index < -0.39 is 8.30 Å².